The topological polar surface area (TPSA) is 44.8 Å². The monoisotopic (exact) mass is 283 g/mol. The summed E-state index contributed by atoms with van der Waals surface area (Å²) in [4.78, 5) is 14.3. The number of nitrogens with one attached hydrogen (secondary N) is 1. The lowest BCUT2D eigenvalue weighted by Gasteiger charge is -2.40. The van der Waals surface area contributed by atoms with E-state index in [0.717, 1.165) is 32.2 Å². The molecule has 1 saturated carbocycles. The smallest absolute Gasteiger partial charge is 0.422 e. The SMILES string of the molecule is CC(C)(C)OC(=O)NN1CCN(C2CCCCC2)CC1. The van der Waals surface area contributed by atoms with Crippen molar-refractivity contribution >= 4 is 6.09 Å². The Bertz CT molecular complexity index is 314. The fourth-order valence-corrected chi connectivity index (χ4v) is 3.08. The molecule has 1 aliphatic carbocycles. The average Bonchev–Trinajstić information content (AvgIpc) is 2.38. The van der Waals surface area contributed by atoms with Crippen LogP contribution in [0.1, 0.15) is 52.9 Å². The fourth-order valence-electron chi connectivity index (χ4n) is 3.08. The highest BCUT2D eigenvalue weighted by Crippen LogP contribution is 2.23. The summed E-state index contributed by atoms with van der Waals surface area (Å²) in [6, 6.07) is 0.771. The summed E-state index contributed by atoms with van der Waals surface area (Å²) in [7, 11) is 0. The van der Waals surface area contributed by atoms with Crippen LogP contribution in [0.2, 0.25) is 0 Å². The molecule has 0 aromatic heterocycles. The van der Waals surface area contributed by atoms with E-state index in [9.17, 15) is 4.79 Å². The maximum atomic E-state index is 11.7. The van der Waals surface area contributed by atoms with Crippen molar-refractivity contribution in [1.29, 1.82) is 0 Å². The number of nitrogens with zero attached hydrogens (tertiary/aromatic N) is 2. The summed E-state index contributed by atoms with van der Waals surface area (Å²) in [6.07, 6.45) is 6.50. The molecule has 2 fully saturated rings. The van der Waals surface area contributed by atoms with E-state index in [1.54, 1.807) is 0 Å². The van der Waals surface area contributed by atoms with Crippen molar-refractivity contribution in [3.8, 4) is 0 Å². The van der Waals surface area contributed by atoms with Gasteiger partial charge in [-0.05, 0) is 33.6 Å². The van der Waals surface area contributed by atoms with Crippen LogP contribution in [0.5, 0.6) is 0 Å². The second-order valence-corrected chi connectivity index (χ2v) is 6.93. The average molecular weight is 283 g/mol. The highest BCUT2D eigenvalue weighted by Gasteiger charge is 2.26. The van der Waals surface area contributed by atoms with Crippen molar-refractivity contribution in [2.45, 2.75) is 64.5 Å². The van der Waals surface area contributed by atoms with Gasteiger partial charge in [0.15, 0.2) is 0 Å². The van der Waals surface area contributed by atoms with Crippen LogP contribution >= 0.6 is 0 Å². The summed E-state index contributed by atoms with van der Waals surface area (Å²) < 4.78 is 5.28. The summed E-state index contributed by atoms with van der Waals surface area (Å²) >= 11 is 0. The Labute approximate surface area is 122 Å². The molecular formula is C15H29N3O2. The zero-order valence-electron chi connectivity index (χ0n) is 13.2. The van der Waals surface area contributed by atoms with Crippen molar-refractivity contribution in [2.24, 2.45) is 0 Å². The van der Waals surface area contributed by atoms with Gasteiger partial charge in [0.25, 0.3) is 0 Å². The Morgan fingerprint density at radius 3 is 2.20 bits per heavy atom. The standard InChI is InChI=1S/C15H29N3O2/c1-15(2,3)20-14(19)16-18-11-9-17(10-12-18)13-7-5-4-6-8-13/h13H,4-12H2,1-3H3,(H,16,19). The Hall–Kier alpha value is -0.810. The molecule has 5 heteroatoms. The van der Waals surface area contributed by atoms with Crippen molar-refractivity contribution in [3.63, 3.8) is 0 Å². The third kappa shape index (κ3) is 4.94. The lowest BCUT2D eigenvalue weighted by Crippen LogP contribution is -2.56. The number of hydrogen-bond acceptors (Lipinski definition) is 4. The van der Waals surface area contributed by atoms with E-state index in [4.69, 9.17) is 4.74 Å². The minimum atomic E-state index is -0.437. The van der Waals surface area contributed by atoms with Gasteiger partial charge >= 0.3 is 6.09 Å². The third-order valence-electron chi connectivity index (χ3n) is 4.05. The van der Waals surface area contributed by atoms with Crippen LogP contribution in [0, 0.1) is 0 Å². The molecule has 1 N–H and O–H groups in total. The molecule has 0 aromatic carbocycles. The van der Waals surface area contributed by atoms with Gasteiger partial charge in [-0.15, -0.1) is 0 Å². The molecule has 0 atom stereocenters. The number of ether oxygens (including phenoxy) is 1. The van der Waals surface area contributed by atoms with E-state index in [1.807, 2.05) is 25.8 Å². The molecule has 2 rings (SSSR count). The molecule has 0 spiro atoms. The van der Waals surface area contributed by atoms with E-state index in [1.165, 1.54) is 32.1 Å². The predicted octanol–water partition coefficient (Wildman–Crippen LogP) is 2.38. The number of carbonyl (C=O) groups is 1. The number of rotatable bonds is 2. The second kappa shape index (κ2) is 6.76. The lowest BCUT2D eigenvalue weighted by molar-refractivity contribution is 0.0142. The zero-order valence-corrected chi connectivity index (χ0v) is 13.2. The van der Waals surface area contributed by atoms with Gasteiger partial charge in [-0.3, -0.25) is 10.3 Å². The quantitative estimate of drug-likeness (QED) is 0.845. The molecule has 1 aliphatic heterocycles. The van der Waals surface area contributed by atoms with Gasteiger partial charge in [-0.25, -0.2) is 9.80 Å². The molecule has 1 amide bonds. The van der Waals surface area contributed by atoms with Crippen molar-refractivity contribution in [1.82, 2.24) is 15.3 Å². The summed E-state index contributed by atoms with van der Waals surface area (Å²) in [5.74, 6) is 0. The van der Waals surface area contributed by atoms with E-state index in [0.29, 0.717) is 0 Å². The van der Waals surface area contributed by atoms with Gasteiger partial charge in [0.05, 0.1) is 0 Å². The normalized spacial score (nSPS) is 23.6. The fraction of sp³-hybridized carbons (Fsp3) is 0.933. The largest absolute Gasteiger partial charge is 0.443 e. The van der Waals surface area contributed by atoms with Gasteiger partial charge < -0.3 is 4.74 Å². The van der Waals surface area contributed by atoms with Crippen LogP contribution in [-0.4, -0.2) is 53.8 Å². The molecule has 20 heavy (non-hydrogen) atoms. The van der Waals surface area contributed by atoms with Crippen LogP contribution in [0.4, 0.5) is 4.79 Å². The van der Waals surface area contributed by atoms with Crippen molar-refractivity contribution < 1.29 is 9.53 Å². The molecule has 5 nitrogen and oxygen atoms in total. The Balaban J connectivity index is 1.70. The first-order valence-corrected chi connectivity index (χ1v) is 7.93. The van der Waals surface area contributed by atoms with E-state index >= 15 is 0 Å². The summed E-state index contributed by atoms with van der Waals surface area (Å²) in [6.45, 7) is 9.50. The maximum absolute atomic E-state index is 11.7. The molecule has 116 valence electrons. The van der Waals surface area contributed by atoms with Crippen LogP contribution < -0.4 is 5.43 Å². The van der Waals surface area contributed by atoms with Gasteiger partial charge in [0.1, 0.15) is 5.60 Å². The molecule has 1 saturated heterocycles. The van der Waals surface area contributed by atoms with Gasteiger partial charge in [-0.1, -0.05) is 19.3 Å². The number of amides is 1. The Morgan fingerprint density at radius 1 is 1.05 bits per heavy atom. The van der Waals surface area contributed by atoms with Crippen molar-refractivity contribution in [2.75, 3.05) is 26.2 Å². The highest BCUT2D eigenvalue weighted by atomic mass is 16.6. The lowest BCUT2D eigenvalue weighted by atomic mass is 9.94. The first-order chi connectivity index (χ1) is 9.44. The molecule has 0 unspecified atom stereocenters. The number of carbonyl (C=O) groups excluding carboxylic acids is 1. The van der Waals surface area contributed by atoms with E-state index < -0.39 is 5.60 Å². The minimum Gasteiger partial charge on any atom is -0.443 e. The molecule has 1 heterocycles. The molecule has 0 aromatic rings. The molecule has 0 radical (unpaired) electrons. The first kappa shape index (κ1) is 15.6. The summed E-state index contributed by atoms with van der Waals surface area (Å²) in [5.41, 5.74) is 2.41. The molecular weight excluding hydrogens is 254 g/mol. The summed E-state index contributed by atoms with van der Waals surface area (Å²) in [5, 5.41) is 1.98. The molecule has 2 aliphatic rings. The predicted molar refractivity (Wildman–Crippen MR) is 79.4 cm³/mol. The maximum Gasteiger partial charge on any atom is 0.422 e. The number of hydrazine groups is 1. The number of hydrogen-bond donors (Lipinski definition) is 1. The minimum absolute atomic E-state index is 0.344. The van der Waals surface area contributed by atoms with Gasteiger partial charge in [0.2, 0.25) is 0 Å². The van der Waals surface area contributed by atoms with Crippen LogP contribution in [-0.2, 0) is 4.74 Å². The first-order valence-electron chi connectivity index (χ1n) is 7.93. The van der Waals surface area contributed by atoms with Crippen LogP contribution in [0.15, 0.2) is 0 Å². The Morgan fingerprint density at radius 2 is 1.65 bits per heavy atom. The van der Waals surface area contributed by atoms with Crippen LogP contribution in [0.3, 0.4) is 0 Å². The second-order valence-electron chi connectivity index (χ2n) is 6.93. The zero-order chi connectivity index (χ0) is 14.6. The van der Waals surface area contributed by atoms with Gasteiger partial charge in [-0.2, -0.15) is 0 Å². The highest BCUT2D eigenvalue weighted by molar-refractivity contribution is 5.67. The third-order valence-corrected chi connectivity index (χ3v) is 4.05. The molecule has 0 bridgehead atoms. The van der Waals surface area contributed by atoms with E-state index in [2.05, 4.69) is 10.3 Å². The Kier molecular flexibility index (Phi) is 5.27. The van der Waals surface area contributed by atoms with Crippen molar-refractivity contribution in [3.05, 3.63) is 0 Å². The van der Waals surface area contributed by atoms with E-state index in [-0.39, 0.29) is 6.09 Å². The van der Waals surface area contributed by atoms with Crippen LogP contribution in [0.25, 0.3) is 0 Å². The number of piperazine rings is 1. The van der Waals surface area contributed by atoms with Gasteiger partial charge in [0, 0.05) is 32.2 Å².